The SMILES string of the molecule is O=C(O)c1ccc(C#Cc2ccc(C(F)(F)F)cc2)cc1.[O-]C(=N[n+]1ccccc1)c1ccc(C#Cc2ccc(C(F)(F)F)cc2)cc1. The van der Waals surface area contributed by atoms with Crippen LogP contribution in [0.15, 0.2) is 133 Å². The third-order valence-corrected chi connectivity index (χ3v) is 6.30. The van der Waals surface area contributed by atoms with E-state index in [1.807, 2.05) is 6.07 Å². The van der Waals surface area contributed by atoms with Gasteiger partial charge in [0.05, 0.1) is 22.6 Å². The minimum absolute atomic E-state index is 0.148. The zero-order chi connectivity index (χ0) is 34.7. The number of pyridine rings is 1. The molecule has 0 aliphatic carbocycles. The number of hydrogen-bond donors (Lipinski definition) is 1. The molecule has 5 rings (SSSR count). The van der Waals surface area contributed by atoms with Gasteiger partial charge in [-0.2, -0.15) is 26.3 Å². The van der Waals surface area contributed by atoms with E-state index in [9.17, 15) is 36.2 Å². The predicted molar refractivity (Wildman–Crippen MR) is 163 cm³/mol. The van der Waals surface area contributed by atoms with Gasteiger partial charge in [0.1, 0.15) is 0 Å². The molecule has 11 heteroatoms. The quantitative estimate of drug-likeness (QED) is 0.0767. The van der Waals surface area contributed by atoms with Crippen LogP contribution in [0.3, 0.4) is 0 Å². The van der Waals surface area contributed by atoms with Gasteiger partial charge in [-0.3, -0.25) is 0 Å². The Morgan fingerprint density at radius 1 is 0.562 bits per heavy atom. The molecule has 0 bridgehead atoms. The summed E-state index contributed by atoms with van der Waals surface area (Å²) in [4.78, 5) is 10.7. The number of rotatable bonds is 3. The number of aromatic carboxylic acids is 1. The van der Waals surface area contributed by atoms with Crippen molar-refractivity contribution >= 4 is 11.9 Å². The number of hydrogen-bond acceptors (Lipinski definition) is 3. The number of aromatic nitrogens is 1. The third kappa shape index (κ3) is 10.4. The topological polar surface area (TPSA) is 76.6 Å². The molecule has 0 spiro atoms. The summed E-state index contributed by atoms with van der Waals surface area (Å²) in [6, 6.07) is 26.9. The van der Waals surface area contributed by atoms with Crippen LogP contribution in [0.25, 0.3) is 0 Å². The van der Waals surface area contributed by atoms with Crippen molar-refractivity contribution in [1.29, 1.82) is 0 Å². The molecule has 1 N–H and O–H groups in total. The van der Waals surface area contributed by atoms with Crippen LogP contribution in [0.5, 0.6) is 0 Å². The maximum Gasteiger partial charge on any atom is 0.416 e. The molecule has 4 aromatic carbocycles. The van der Waals surface area contributed by atoms with Gasteiger partial charge in [-0.15, -0.1) is 0 Å². The van der Waals surface area contributed by atoms with Gasteiger partial charge in [-0.25, -0.2) is 4.79 Å². The summed E-state index contributed by atoms with van der Waals surface area (Å²) in [5.41, 5.74) is 1.26. The smallest absolute Gasteiger partial charge is 0.416 e. The maximum absolute atomic E-state index is 12.5. The molecule has 0 atom stereocenters. The van der Waals surface area contributed by atoms with Crippen molar-refractivity contribution in [1.82, 2.24) is 0 Å². The van der Waals surface area contributed by atoms with Gasteiger partial charge in [0.15, 0.2) is 0 Å². The molecule has 5 aromatic rings. The van der Waals surface area contributed by atoms with Crippen LogP contribution in [0.2, 0.25) is 0 Å². The highest BCUT2D eigenvalue weighted by molar-refractivity contribution is 5.90. The van der Waals surface area contributed by atoms with E-state index in [-0.39, 0.29) is 5.56 Å². The molecular weight excluding hydrogens is 634 g/mol. The summed E-state index contributed by atoms with van der Waals surface area (Å²) in [5.74, 6) is 9.71. The van der Waals surface area contributed by atoms with Gasteiger partial charge >= 0.3 is 18.3 Å². The van der Waals surface area contributed by atoms with E-state index < -0.39 is 35.3 Å². The second-order valence-corrected chi connectivity index (χ2v) is 9.77. The lowest BCUT2D eigenvalue weighted by Crippen LogP contribution is -2.33. The minimum Gasteiger partial charge on any atom is -0.854 e. The van der Waals surface area contributed by atoms with E-state index in [4.69, 9.17) is 5.11 Å². The molecule has 0 aliphatic heterocycles. The van der Waals surface area contributed by atoms with Crippen molar-refractivity contribution in [2.24, 2.45) is 5.10 Å². The van der Waals surface area contributed by atoms with Crippen molar-refractivity contribution < 1.29 is 46.0 Å². The van der Waals surface area contributed by atoms with E-state index in [2.05, 4.69) is 28.8 Å². The number of carbonyl (C=O) groups is 1. The number of nitrogens with zero attached hydrogens (tertiary/aromatic N) is 2. The molecule has 0 saturated heterocycles. The lowest BCUT2D eigenvalue weighted by Gasteiger charge is -2.06. The highest BCUT2D eigenvalue weighted by Gasteiger charge is 2.30. The van der Waals surface area contributed by atoms with E-state index in [1.165, 1.54) is 41.1 Å². The molecule has 0 amide bonds. The molecule has 240 valence electrons. The molecule has 5 nitrogen and oxygen atoms in total. The monoisotopic (exact) mass is 656 g/mol. The van der Waals surface area contributed by atoms with Gasteiger partial charge in [0.25, 0.3) is 0 Å². The summed E-state index contributed by atoms with van der Waals surface area (Å²) in [7, 11) is 0. The second-order valence-electron chi connectivity index (χ2n) is 9.77. The van der Waals surface area contributed by atoms with Gasteiger partial charge < -0.3 is 10.2 Å². The van der Waals surface area contributed by atoms with Crippen molar-refractivity contribution in [3.63, 3.8) is 0 Å². The van der Waals surface area contributed by atoms with Crippen LogP contribution in [0, 0.1) is 23.7 Å². The number of carboxylic acids is 1. The molecule has 0 radical (unpaired) electrons. The Balaban J connectivity index is 0.000000224. The van der Waals surface area contributed by atoms with Gasteiger partial charge in [-0.1, -0.05) is 46.6 Å². The zero-order valence-corrected chi connectivity index (χ0v) is 24.6. The van der Waals surface area contributed by atoms with Crippen LogP contribution < -0.4 is 9.78 Å². The summed E-state index contributed by atoms with van der Waals surface area (Å²) < 4.78 is 76.2. The molecule has 0 saturated carbocycles. The average molecular weight is 657 g/mol. The number of carboxylic acid groups (broad SMARTS) is 1. The lowest BCUT2D eigenvalue weighted by atomic mass is 10.1. The standard InChI is InChI=1S/C21H13F3N2O.C16H9F3O2/c22-21(23,24)19-12-8-17(9-13-19)5-4-16-6-10-18(11-7-16)20(27)25-26-14-2-1-3-15-26;17-16(18,19)14-9-5-12(6-10-14)2-1-11-3-7-13(8-4-11)15(20)21/h1-3,6-15H;3-10H,(H,20,21). The third-order valence-electron chi connectivity index (χ3n) is 6.30. The second kappa shape index (κ2) is 15.3. The van der Waals surface area contributed by atoms with Crippen molar-refractivity contribution in [2.75, 3.05) is 0 Å². The summed E-state index contributed by atoms with van der Waals surface area (Å²) in [5, 5.41) is 24.8. The Kier molecular flexibility index (Phi) is 11.0. The van der Waals surface area contributed by atoms with Crippen LogP contribution in [0.1, 0.15) is 49.3 Å². The number of halogens is 6. The van der Waals surface area contributed by atoms with Crippen LogP contribution in [-0.4, -0.2) is 17.0 Å². The fourth-order valence-corrected chi connectivity index (χ4v) is 3.78. The number of alkyl halides is 6. The number of benzene rings is 4. The largest absolute Gasteiger partial charge is 0.854 e. The first-order chi connectivity index (χ1) is 22.8. The maximum atomic E-state index is 12.5. The highest BCUT2D eigenvalue weighted by Crippen LogP contribution is 2.29. The van der Waals surface area contributed by atoms with Crippen molar-refractivity contribution in [3.05, 3.63) is 172 Å². The Morgan fingerprint density at radius 2 is 0.896 bits per heavy atom. The molecule has 0 unspecified atom stereocenters. The average Bonchev–Trinajstić information content (AvgIpc) is 3.07. The van der Waals surface area contributed by atoms with E-state index in [0.717, 1.165) is 24.3 Å². The molecule has 0 fully saturated rings. The normalized spacial score (nSPS) is 11.2. The Hall–Kier alpha value is -6.33. The summed E-state index contributed by atoms with van der Waals surface area (Å²) in [6.45, 7) is 0. The first-order valence-corrected chi connectivity index (χ1v) is 13.8. The molecule has 0 aliphatic rings. The molecule has 1 aromatic heterocycles. The Morgan fingerprint density at radius 3 is 1.23 bits per heavy atom. The summed E-state index contributed by atoms with van der Waals surface area (Å²) >= 11 is 0. The lowest BCUT2D eigenvalue weighted by molar-refractivity contribution is -0.681. The molecular formula is C37H22F6N2O3. The van der Waals surface area contributed by atoms with Crippen molar-refractivity contribution in [2.45, 2.75) is 12.4 Å². The Labute approximate surface area is 271 Å². The van der Waals surface area contributed by atoms with Gasteiger partial charge in [-0.05, 0) is 95.6 Å². The highest BCUT2D eigenvalue weighted by atomic mass is 19.4. The van der Waals surface area contributed by atoms with Crippen LogP contribution in [0.4, 0.5) is 26.3 Å². The predicted octanol–water partition coefficient (Wildman–Crippen LogP) is 6.77. The van der Waals surface area contributed by atoms with Crippen LogP contribution in [-0.2, 0) is 12.4 Å². The first kappa shape index (κ1) is 34.5. The molecule has 1 heterocycles. The Bertz CT molecular complexity index is 2000. The first-order valence-electron chi connectivity index (χ1n) is 13.8. The summed E-state index contributed by atoms with van der Waals surface area (Å²) in [6.07, 6.45) is -5.42. The molecule has 48 heavy (non-hydrogen) atoms. The van der Waals surface area contributed by atoms with E-state index in [1.54, 1.807) is 60.9 Å². The zero-order valence-electron chi connectivity index (χ0n) is 24.6. The van der Waals surface area contributed by atoms with E-state index >= 15 is 0 Å². The van der Waals surface area contributed by atoms with Gasteiger partial charge in [0, 0.05) is 34.4 Å². The fraction of sp³-hybridized carbons (Fsp3) is 0.0541. The minimum atomic E-state index is -4.36. The van der Waals surface area contributed by atoms with Crippen LogP contribution >= 0.6 is 0 Å². The van der Waals surface area contributed by atoms with E-state index in [0.29, 0.717) is 27.8 Å². The fourth-order valence-electron chi connectivity index (χ4n) is 3.78. The van der Waals surface area contributed by atoms with Crippen molar-refractivity contribution in [3.8, 4) is 23.7 Å². The van der Waals surface area contributed by atoms with Gasteiger partial charge in [0.2, 0.25) is 12.4 Å².